The first kappa shape index (κ1) is 18.6. The van der Waals surface area contributed by atoms with Crippen molar-refractivity contribution in [3.63, 3.8) is 0 Å². The number of rotatable bonds is 5. The van der Waals surface area contributed by atoms with Crippen molar-refractivity contribution in [1.82, 2.24) is 15.0 Å². The fourth-order valence-electron chi connectivity index (χ4n) is 3.37. The van der Waals surface area contributed by atoms with E-state index in [1.165, 1.54) is 5.00 Å². The van der Waals surface area contributed by atoms with Crippen LogP contribution in [-0.2, 0) is 11.3 Å². The highest BCUT2D eigenvalue weighted by atomic mass is 32.1. The molecular formula is C20H23N5O2S. The normalized spacial score (nSPS) is 14.9. The van der Waals surface area contributed by atoms with Crippen LogP contribution in [0, 0.1) is 6.92 Å². The molecule has 0 saturated carbocycles. The molecule has 7 nitrogen and oxygen atoms in total. The number of hydrogen-bond acceptors (Lipinski definition) is 6. The predicted molar refractivity (Wildman–Crippen MR) is 113 cm³/mol. The summed E-state index contributed by atoms with van der Waals surface area (Å²) in [5, 5.41) is 5.31. The molecule has 146 valence electrons. The Hall–Kier alpha value is -2.71. The molecule has 1 aliphatic rings. The summed E-state index contributed by atoms with van der Waals surface area (Å²) in [4.78, 5) is 20.2. The van der Waals surface area contributed by atoms with Gasteiger partial charge in [-0.25, -0.2) is 10.4 Å². The van der Waals surface area contributed by atoms with E-state index in [4.69, 9.17) is 4.74 Å². The van der Waals surface area contributed by atoms with E-state index in [1.54, 1.807) is 23.6 Å². The number of thiophene rings is 1. The second-order valence-corrected chi connectivity index (χ2v) is 7.68. The van der Waals surface area contributed by atoms with Crippen molar-refractivity contribution in [2.45, 2.75) is 20.4 Å². The van der Waals surface area contributed by atoms with Crippen molar-refractivity contribution in [2.24, 2.45) is 5.10 Å². The molecule has 0 bridgehead atoms. The van der Waals surface area contributed by atoms with E-state index in [0.29, 0.717) is 5.56 Å². The van der Waals surface area contributed by atoms with Gasteiger partial charge in [0.2, 0.25) is 0 Å². The summed E-state index contributed by atoms with van der Waals surface area (Å²) in [6.45, 7) is 8.24. The van der Waals surface area contributed by atoms with Crippen molar-refractivity contribution in [1.29, 1.82) is 0 Å². The number of fused-ring (bicyclic) bond motifs is 1. The second-order valence-electron chi connectivity index (χ2n) is 6.58. The Bertz CT molecular complexity index is 1020. The topological polar surface area (TPSA) is 71.8 Å². The molecule has 1 aliphatic heterocycles. The van der Waals surface area contributed by atoms with Crippen LogP contribution in [0.15, 0.2) is 35.4 Å². The number of carbonyl (C=O) groups is 1. The highest BCUT2D eigenvalue weighted by molar-refractivity contribution is 7.17. The Morgan fingerprint density at radius 2 is 2.14 bits per heavy atom. The number of benzene rings is 1. The summed E-state index contributed by atoms with van der Waals surface area (Å²) in [5.41, 5.74) is 5.01. The number of anilines is 1. The number of nitrogens with zero attached hydrogens (tertiary/aromatic N) is 4. The zero-order valence-corrected chi connectivity index (χ0v) is 16.8. The van der Waals surface area contributed by atoms with Crippen LogP contribution >= 0.6 is 11.3 Å². The largest absolute Gasteiger partial charge is 0.378 e. The van der Waals surface area contributed by atoms with Crippen molar-refractivity contribution in [3.8, 4) is 0 Å². The third-order valence-corrected chi connectivity index (χ3v) is 5.89. The highest BCUT2D eigenvalue weighted by Crippen LogP contribution is 2.25. The number of imidazole rings is 1. The van der Waals surface area contributed by atoms with E-state index >= 15 is 0 Å². The zero-order valence-electron chi connectivity index (χ0n) is 16.0. The minimum Gasteiger partial charge on any atom is -0.378 e. The van der Waals surface area contributed by atoms with Gasteiger partial charge in [0.15, 0.2) is 0 Å². The molecule has 1 saturated heterocycles. The Balaban J connectivity index is 1.41. The number of aryl methyl sites for hydroxylation is 2. The molecule has 1 aromatic carbocycles. The van der Waals surface area contributed by atoms with Crippen LogP contribution in [0.4, 0.5) is 5.00 Å². The SMILES string of the molecule is CCn1c(C)nc2cc(C(=O)N/N=C\c3ccc(N4CCOCC4)s3)ccc21. The molecule has 0 unspecified atom stereocenters. The number of carbonyl (C=O) groups excluding carboxylic acids is 1. The summed E-state index contributed by atoms with van der Waals surface area (Å²) < 4.78 is 7.51. The van der Waals surface area contributed by atoms with E-state index in [9.17, 15) is 4.79 Å². The van der Waals surface area contributed by atoms with Gasteiger partial charge >= 0.3 is 0 Å². The van der Waals surface area contributed by atoms with Gasteiger partial charge in [-0.2, -0.15) is 5.10 Å². The Morgan fingerprint density at radius 3 is 2.93 bits per heavy atom. The quantitative estimate of drug-likeness (QED) is 0.531. The van der Waals surface area contributed by atoms with E-state index < -0.39 is 0 Å². The van der Waals surface area contributed by atoms with Crippen LogP contribution in [-0.4, -0.2) is 48.0 Å². The maximum atomic E-state index is 12.4. The summed E-state index contributed by atoms with van der Waals surface area (Å²) >= 11 is 1.65. The molecule has 0 radical (unpaired) electrons. The third kappa shape index (κ3) is 3.79. The first-order valence-corrected chi connectivity index (χ1v) is 10.2. The fraction of sp³-hybridized carbons (Fsp3) is 0.350. The number of aromatic nitrogens is 2. The number of amides is 1. The lowest BCUT2D eigenvalue weighted by Crippen LogP contribution is -2.35. The maximum Gasteiger partial charge on any atom is 0.271 e. The number of morpholine rings is 1. The van der Waals surface area contributed by atoms with E-state index in [1.807, 2.05) is 25.1 Å². The van der Waals surface area contributed by atoms with Crippen molar-refractivity contribution in [2.75, 3.05) is 31.2 Å². The molecule has 0 atom stereocenters. The van der Waals surface area contributed by atoms with Gasteiger partial charge in [0.1, 0.15) is 5.82 Å². The lowest BCUT2D eigenvalue weighted by molar-refractivity contribution is 0.0955. The van der Waals surface area contributed by atoms with Gasteiger partial charge in [-0.05, 0) is 44.2 Å². The molecular weight excluding hydrogens is 374 g/mol. The standard InChI is InChI=1S/C20H23N5O2S/c1-3-25-14(2)22-17-12-15(4-6-18(17)25)20(26)23-21-13-16-5-7-19(28-16)24-8-10-27-11-9-24/h4-7,12-13H,3,8-11H2,1-2H3,(H,23,26)/b21-13-. The van der Waals surface area contributed by atoms with Gasteiger partial charge in [0, 0.05) is 30.1 Å². The molecule has 4 rings (SSSR count). The lowest BCUT2D eigenvalue weighted by Gasteiger charge is -2.27. The lowest BCUT2D eigenvalue weighted by atomic mass is 10.2. The molecule has 0 aliphatic carbocycles. The van der Waals surface area contributed by atoms with Crippen molar-refractivity contribution >= 4 is 39.5 Å². The first-order valence-electron chi connectivity index (χ1n) is 9.38. The minimum atomic E-state index is -0.244. The van der Waals surface area contributed by atoms with Crippen LogP contribution in [0.1, 0.15) is 28.0 Å². The van der Waals surface area contributed by atoms with Crippen molar-refractivity contribution < 1.29 is 9.53 Å². The molecule has 3 heterocycles. The van der Waals surface area contributed by atoms with E-state index in [0.717, 1.165) is 54.6 Å². The third-order valence-electron chi connectivity index (χ3n) is 4.81. The number of nitrogens with one attached hydrogen (secondary N) is 1. The Labute approximate surface area is 167 Å². The average molecular weight is 398 g/mol. The Kier molecular flexibility index (Phi) is 5.40. The molecule has 0 spiro atoms. The first-order chi connectivity index (χ1) is 13.7. The second kappa shape index (κ2) is 8.12. The predicted octanol–water partition coefficient (Wildman–Crippen LogP) is 3.03. The molecule has 3 aromatic rings. The molecule has 8 heteroatoms. The van der Waals surface area contributed by atoms with E-state index in [2.05, 4.69) is 38.0 Å². The van der Waals surface area contributed by atoms with Crippen LogP contribution < -0.4 is 10.3 Å². The summed E-state index contributed by atoms with van der Waals surface area (Å²) in [6, 6.07) is 9.64. The summed E-state index contributed by atoms with van der Waals surface area (Å²) in [6.07, 6.45) is 1.68. The number of ether oxygens (including phenoxy) is 1. The monoisotopic (exact) mass is 397 g/mol. The number of hydrazone groups is 1. The fourth-order valence-corrected chi connectivity index (χ4v) is 4.31. The minimum absolute atomic E-state index is 0.244. The van der Waals surface area contributed by atoms with Crippen LogP contribution in [0.2, 0.25) is 0 Å². The van der Waals surface area contributed by atoms with Crippen LogP contribution in [0.5, 0.6) is 0 Å². The van der Waals surface area contributed by atoms with E-state index in [-0.39, 0.29) is 5.91 Å². The van der Waals surface area contributed by atoms with Crippen molar-refractivity contribution in [3.05, 3.63) is 46.6 Å². The zero-order chi connectivity index (χ0) is 19.5. The molecule has 28 heavy (non-hydrogen) atoms. The molecule has 1 N–H and O–H groups in total. The van der Waals surface area contributed by atoms with Gasteiger partial charge in [-0.15, -0.1) is 11.3 Å². The smallest absolute Gasteiger partial charge is 0.271 e. The van der Waals surface area contributed by atoms with Crippen LogP contribution in [0.3, 0.4) is 0 Å². The van der Waals surface area contributed by atoms with Gasteiger partial charge in [0.05, 0.1) is 35.5 Å². The van der Waals surface area contributed by atoms with Gasteiger partial charge < -0.3 is 14.2 Å². The average Bonchev–Trinajstić information content (AvgIpc) is 3.31. The van der Waals surface area contributed by atoms with Crippen LogP contribution in [0.25, 0.3) is 11.0 Å². The van der Waals surface area contributed by atoms with Gasteiger partial charge in [0.25, 0.3) is 5.91 Å². The summed E-state index contributed by atoms with van der Waals surface area (Å²) in [7, 11) is 0. The molecule has 1 amide bonds. The van der Waals surface area contributed by atoms with Gasteiger partial charge in [-0.3, -0.25) is 4.79 Å². The maximum absolute atomic E-state index is 12.4. The molecule has 1 fully saturated rings. The Morgan fingerprint density at radius 1 is 1.32 bits per heavy atom. The molecule has 2 aromatic heterocycles. The summed E-state index contributed by atoms with van der Waals surface area (Å²) in [5.74, 6) is 0.702. The highest BCUT2D eigenvalue weighted by Gasteiger charge is 2.13. The number of hydrogen-bond donors (Lipinski definition) is 1. The van der Waals surface area contributed by atoms with Gasteiger partial charge in [-0.1, -0.05) is 0 Å².